The molecule has 118 valence electrons. The predicted molar refractivity (Wildman–Crippen MR) is 88.0 cm³/mol. The summed E-state index contributed by atoms with van der Waals surface area (Å²) in [6.07, 6.45) is 6.17. The number of hydrogen-bond donors (Lipinski definition) is 2. The van der Waals surface area contributed by atoms with E-state index in [1.807, 2.05) is 4.90 Å². The summed E-state index contributed by atoms with van der Waals surface area (Å²) in [5.74, 6) is 0.0737. The van der Waals surface area contributed by atoms with E-state index in [2.05, 4.69) is 17.2 Å². The predicted octanol–water partition coefficient (Wildman–Crippen LogP) is 3.01. The molecule has 0 bridgehead atoms. The van der Waals surface area contributed by atoms with Crippen molar-refractivity contribution < 1.29 is 9.59 Å². The number of carbonyl (C=O) groups is 2. The summed E-state index contributed by atoms with van der Waals surface area (Å²) in [5.41, 5.74) is 1.33. The minimum absolute atomic E-state index is 0.0737. The Labute approximate surface area is 131 Å². The molecule has 0 spiro atoms. The lowest BCUT2D eigenvalue weighted by molar-refractivity contribution is 0.0761. The third kappa shape index (κ3) is 4.62. The summed E-state index contributed by atoms with van der Waals surface area (Å²) in [6, 6.07) is 6.73. The fourth-order valence-corrected chi connectivity index (χ4v) is 2.49. The van der Waals surface area contributed by atoms with E-state index in [-0.39, 0.29) is 11.9 Å². The lowest BCUT2D eigenvalue weighted by Gasteiger charge is -2.20. The lowest BCUT2D eigenvalue weighted by Crippen LogP contribution is -2.31. The second kappa shape index (κ2) is 8.22. The molecule has 1 aliphatic rings. The van der Waals surface area contributed by atoms with Gasteiger partial charge >= 0.3 is 6.03 Å². The maximum atomic E-state index is 12.4. The monoisotopic (exact) mass is 301 g/mol. The Balaban J connectivity index is 1.94. The van der Waals surface area contributed by atoms with Crippen LogP contribution in [0.4, 0.5) is 10.5 Å². The number of benzene rings is 1. The van der Waals surface area contributed by atoms with Gasteiger partial charge in [0.15, 0.2) is 0 Å². The Bertz CT molecular complexity index is 517. The van der Waals surface area contributed by atoms with Gasteiger partial charge in [-0.05, 0) is 37.1 Å². The van der Waals surface area contributed by atoms with Crippen molar-refractivity contribution in [1.82, 2.24) is 10.2 Å². The SMILES string of the molecule is C=CCNC(=O)Nc1ccc(C(=O)N2CCCCCC2)cc1. The molecular formula is C17H23N3O2. The Morgan fingerprint density at radius 2 is 1.73 bits per heavy atom. The average Bonchev–Trinajstić information content (AvgIpc) is 2.82. The van der Waals surface area contributed by atoms with Crippen LogP contribution in [0.5, 0.6) is 0 Å². The van der Waals surface area contributed by atoms with E-state index in [1.54, 1.807) is 30.3 Å². The maximum absolute atomic E-state index is 12.4. The molecule has 0 aliphatic carbocycles. The number of nitrogens with one attached hydrogen (secondary N) is 2. The van der Waals surface area contributed by atoms with Crippen molar-refractivity contribution in [3.63, 3.8) is 0 Å². The van der Waals surface area contributed by atoms with Gasteiger partial charge in [0.2, 0.25) is 0 Å². The quantitative estimate of drug-likeness (QED) is 0.840. The number of likely N-dealkylation sites (tertiary alicyclic amines) is 1. The van der Waals surface area contributed by atoms with Crippen LogP contribution in [0.25, 0.3) is 0 Å². The van der Waals surface area contributed by atoms with Crippen molar-refractivity contribution in [2.45, 2.75) is 25.7 Å². The highest BCUT2D eigenvalue weighted by Crippen LogP contribution is 2.15. The molecule has 1 heterocycles. The fourth-order valence-electron chi connectivity index (χ4n) is 2.49. The van der Waals surface area contributed by atoms with E-state index in [9.17, 15) is 9.59 Å². The molecule has 5 heteroatoms. The van der Waals surface area contributed by atoms with Crippen LogP contribution in [0.15, 0.2) is 36.9 Å². The van der Waals surface area contributed by atoms with Crippen molar-refractivity contribution in [2.24, 2.45) is 0 Å². The molecule has 1 fully saturated rings. The summed E-state index contributed by atoms with van der Waals surface area (Å²) in [5, 5.41) is 5.34. The van der Waals surface area contributed by atoms with E-state index in [0.717, 1.165) is 25.9 Å². The molecule has 0 saturated carbocycles. The van der Waals surface area contributed by atoms with Gasteiger partial charge in [-0.2, -0.15) is 0 Å². The Hall–Kier alpha value is -2.30. The molecule has 3 amide bonds. The van der Waals surface area contributed by atoms with Gasteiger partial charge in [-0.3, -0.25) is 4.79 Å². The van der Waals surface area contributed by atoms with E-state index in [4.69, 9.17) is 0 Å². The Morgan fingerprint density at radius 1 is 1.09 bits per heavy atom. The highest BCUT2D eigenvalue weighted by atomic mass is 16.2. The minimum atomic E-state index is -0.286. The van der Waals surface area contributed by atoms with Crippen LogP contribution in [0.1, 0.15) is 36.0 Å². The average molecular weight is 301 g/mol. The molecule has 1 aliphatic heterocycles. The molecule has 1 saturated heterocycles. The zero-order chi connectivity index (χ0) is 15.8. The molecule has 1 aromatic rings. The standard InChI is InChI=1S/C17H23N3O2/c1-2-11-18-17(22)19-15-9-7-14(8-10-15)16(21)20-12-5-3-4-6-13-20/h2,7-10H,1,3-6,11-13H2,(H2,18,19,22). The molecule has 0 atom stereocenters. The molecule has 0 aromatic heterocycles. The highest BCUT2D eigenvalue weighted by molar-refractivity contribution is 5.95. The van der Waals surface area contributed by atoms with Crippen molar-refractivity contribution in [2.75, 3.05) is 25.0 Å². The van der Waals surface area contributed by atoms with Gasteiger partial charge in [0.05, 0.1) is 0 Å². The number of urea groups is 1. The van der Waals surface area contributed by atoms with Gasteiger partial charge in [-0.1, -0.05) is 18.9 Å². The van der Waals surface area contributed by atoms with Gasteiger partial charge in [0.1, 0.15) is 0 Å². The van der Waals surface area contributed by atoms with Crippen LogP contribution in [-0.4, -0.2) is 36.5 Å². The van der Waals surface area contributed by atoms with E-state index in [1.165, 1.54) is 12.8 Å². The van der Waals surface area contributed by atoms with Crippen LogP contribution < -0.4 is 10.6 Å². The number of amides is 3. The minimum Gasteiger partial charge on any atom is -0.339 e. The summed E-state index contributed by atoms with van der Waals surface area (Å²) >= 11 is 0. The van der Waals surface area contributed by atoms with Crippen molar-refractivity contribution in [3.05, 3.63) is 42.5 Å². The van der Waals surface area contributed by atoms with Gasteiger partial charge in [0, 0.05) is 30.9 Å². The number of nitrogens with zero attached hydrogens (tertiary/aromatic N) is 1. The number of anilines is 1. The van der Waals surface area contributed by atoms with Crippen molar-refractivity contribution in [3.8, 4) is 0 Å². The zero-order valence-electron chi connectivity index (χ0n) is 12.8. The van der Waals surface area contributed by atoms with Crippen molar-refractivity contribution in [1.29, 1.82) is 0 Å². The fraction of sp³-hybridized carbons (Fsp3) is 0.412. The number of carbonyl (C=O) groups excluding carboxylic acids is 2. The van der Waals surface area contributed by atoms with E-state index < -0.39 is 0 Å². The number of rotatable bonds is 4. The van der Waals surface area contributed by atoms with Crippen LogP contribution in [-0.2, 0) is 0 Å². The van der Waals surface area contributed by atoms with Gasteiger partial charge < -0.3 is 15.5 Å². The van der Waals surface area contributed by atoms with Gasteiger partial charge in [-0.15, -0.1) is 6.58 Å². The van der Waals surface area contributed by atoms with Crippen LogP contribution in [0.3, 0.4) is 0 Å². The normalized spacial score (nSPS) is 14.8. The summed E-state index contributed by atoms with van der Waals surface area (Å²) in [7, 11) is 0. The second-order valence-corrected chi connectivity index (χ2v) is 5.41. The zero-order valence-corrected chi connectivity index (χ0v) is 12.8. The first-order valence-electron chi connectivity index (χ1n) is 7.76. The molecule has 1 aromatic carbocycles. The maximum Gasteiger partial charge on any atom is 0.319 e. The number of hydrogen-bond acceptors (Lipinski definition) is 2. The highest BCUT2D eigenvalue weighted by Gasteiger charge is 2.17. The first kappa shape index (κ1) is 16.1. The van der Waals surface area contributed by atoms with Gasteiger partial charge in [0.25, 0.3) is 5.91 Å². The van der Waals surface area contributed by atoms with E-state index in [0.29, 0.717) is 17.8 Å². The molecule has 2 N–H and O–H groups in total. The molecule has 2 rings (SSSR count). The molecule has 5 nitrogen and oxygen atoms in total. The third-order valence-corrected chi connectivity index (χ3v) is 3.69. The molecule has 22 heavy (non-hydrogen) atoms. The lowest BCUT2D eigenvalue weighted by atomic mass is 10.1. The molecular weight excluding hydrogens is 278 g/mol. The summed E-state index contributed by atoms with van der Waals surface area (Å²) < 4.78 is 0. The van der Waals surface area contributed by atoms with Crippen LogP contribution in [0, 0.1) is 0 Å². The summed E-state index contributed by atoms with van der Waals surface area (Å²) in [6.45, 7) is 5.62. The van der Waals surface area contributed by atoms with Crippen molar-refractivity contribution >= 4 is 17.6 Å². The molecule has 0 radical (unpaired) electrons. The third-order valence-electron chi connectivity index (χ3n) is 3.69. The topological polar surface area (TPSA) is 61.4 Å². The van der Waals surface area contributed by atoms with E-state index >= 15 is 0 Å². The first-order chi connectivity index (χ1) is 10.7. The second-order valence-electron chi connectivity index (χ2n) is 5.41. The largest absolute Gasteiger partial charge is 0.339 e. The smallest absolute Gasteiger partial charge is 0.319 e. The first-order valence-corrected chi connectivity index (χ1v) is 7.76. The molecule has 0 unspecified atom stereocenters. The van der Waals surface area contributed by atoms with Crippen LogP contribution in [0.2, 0.25) is 0 Å². The summed E-state index contributed by atoms with van der Waals surface area (Å²) in [4.78, 5) is 25.9. The Morgan fingerprint density at radius 3 is 2.32 bits per heavy atom. The Kier molecular flexibility index (Phi) is 6.01. The van der Waals surface area contributed by atoms with Gasteiger partial charge in [-0.25, -0.2) is 4.79 Å². The van der Waals surface area contributed by atoms with Crippen LogP contribution >= 0.6 is 0 Å².